The molecule has 2 heterocycles. The molecule has 252 valence electrons. The number of rotatable bonds is 5. The van der Waals surface area contributed by atoms with Gasteiger partial charge in [-0.1, -0.05) is 158 Å². The number of hydrogen-bond acceptors (Lipinski definition) is 4. The molecule has 4 heteroatoms. The van der Waals surface area contributed by atoms with E-state index in [9.17, 15) is 0 Å². The van der Waals surface area contributed by atoms with Crippen LogP contribution in [-0.2, 0) is 5.41 Å². The molecule has 0 aliphatic heterocycles. The van der Waals surface area contributed by atoms with E-state index in [4.69, 9.17) is 19.4 Å². The van der Waals surface area contributed by atoms with Gasteiger partial charge < -0.3 is 4.42 Å². The van der Waals surface area contributed by atoms with E-state index in [2.05, 4.69) is 152 Å². The summed E-state index contributed by atoms with van der Waals surface area (Å²) in [5.41, 5.74) is 14.7. The molecule has 2 aromatic heterocycles. The highest BCUT2D eigenvalue weighted by Gasteiger charge is 2.46. The van der Waals surface area contributed by atoms with Crippen molar-refractivity contribution in [3.63, 3.8) is 0 Å². The second-order valence-corrected chi connectivity index (χ2v) is 13.9. The van der Waals surface area contributed by atoms with Gasteiger partial charge in [0, 0.05) is 22.1 Å². The van der Waals surface area contributed by atoms with Crippen LogP contribution in [0.3, 0.4) is 0 Å². The molecule has 0 saturated heterocycles. The molecular weight excluding hydrogens is 659 g/mol. The SMILES string of the molecule is c1ccc(-c2nc3ccc(C4(c5ccc(-c6nc7c(ccc8ccccc87)nc6-c6ccccc6)cc5)c5ccccc5-c5ccccc54)cc3o2)cc1. The van der Waals surface area contributed by atoms with Gasteiger partial charge in [-0.2, -0.15) is 0 Å². The molecule has 0 radical (unpaired) electrons. The monoisotopic (exact) mass is 689 g/mol. The predicted octanol–water partition coefficient (Wildman–Crippen LogP) is 12.3. The van der Waals surface area contributed by atoms with E-state index < -0.39 is 5.41 Å². The summed E-state index contributed by atoms with van der Waals surface area (Å²) in [4.78, 5) is 15.5. The molecule has 0 bridgehead atoms. The highest BCUT2D eigenvalue weighted by Crippen LogP contribution is 2.56. The van der Waals surface area contributed by atoms with Gasteiger partial charge in [0.1, 0.15) is 5.52 Å². The van der Waals surface area contributed by atoms with Gasteiger partial charge in [0.2, 0.25) is 5.89 Å². The van der Waals surface area contributed by atoms with Crippen molar-refractivity contribution in [3.8, 4) is 45.1 Å². The molecule has 0 fully saturated rings. The Hall–Kier alpha value is -7.17. The Balaban J connectivity index is 1.14. The maximum atomic E-state index is 6.48. The number of nitrogens with zero attached hydrogens (tertiary/aromatic N) is 3. The molecule has 0 atom stereocenters. The van der Waals surface area contributed by atoms with Gasteiger partial charge in [-0.15, -0.1) is 0 Å². The van der Waals surface area contributed by atoms with Gasteiger partial charge in [-0.25, -0.2) is 15.0 Å². The maximum Gasteiger partial charge on any atom is 0.227 e. The second kappa shape index (κ2) is 11.9. The van der Waals surface area contributed by atoms with Crippen LogP contribution in [0.25, 0.3) is 78.0 Å². The Kier molecular flexibility index (Phi) is 6.73. The molecule has 0 N–H and O–H groups in total. The molecule has 0 unspecified atom stereocenters. The summed E-state index contributed by atoms with van der Waals surface area (Å²) in [5, 5.41) is 2.24. The molecule has 4 nitrogen and oxygen atoms in total. The maximum absolute atomic E-state index is 6.48. The first-order valence-electron chi connectivity index (χ1n) is 18.3. The lowest BCUT2D eigenvalue weighted by atomic mass is 9.67. The average Bonchev–Trinajstić information content (AvgIpc) is 3.82. The largest absolute Gasteiger partial charge is 0.436 e. The molecule has 10 aromatic rings. The third-order valence-electron chi connectivity index (χ3n) is 11.0. The lowest BCUT2D eigenvalue weighted by molar-refractivity contribution is 0.618. The highest BCUT2D eigenvalue weighted by molar-refractivity contribution is 6.05. The number of fused-ring (bicyclic) bond motifs is 7. The van der Waals surface area contributed by atoms with Crippen molar-refractivity contribution in [2.45, 2.75) is 5.41 Å². The Morgan fingerprint density at radius 1 is 0.407 bits per heavy atom. The summed E-state index contributed by atoms with van der Waals surface area (Å²) in [5.74, 6) is 0.617. The molecule has 54 heavy (non-hydrogen) atoms. The van der Waals surface area contributed by atoms with E-state index in [1.165, 1.54) is 22.3 Å². The number of aromatic nitrogens is 3. The average molecular weight is 690 g/mol. The van der Waals surface area contributed by atoms with Crippen molar-refractivity contribution in [2.75, 3.05) is 0 Å². The summed E-state index contributed by atoms with van der Waals surface area (Å²) < 4.78 is 6.48. The zero-order valence-corrected chi connectivity index (χ0v) is 29.1. The van der Waals surface area contributed by atoms with Crippen molar-refractivity contribution >= 4 is 32.9 Å². The molecule has 0 spiro atoms. The van der Waals surface area contributed by atoms with Gasteiger partial charge in [-0.3, -0.25) is 0 Å². The highest BCUT2D eigenvalue weighted by atomic mass is 16.3. The molecule has 1 aliphatic rings. The minimum absolute atomic E-state index is 0.604. The second-order valence-electron chi connectivity index (χ2n) is 13.9. The topological polar surface area (TPSA) is 51.8 Å². The van der Waals surface area contributed by atoms with E-state index in [-0.39, 0.29) is 0 Å². The molecule has 1 aliphatic carbocycles. The number of oxazole rings is 1. The minimum Gasteiger partial charge on any atom is -0.436 e. The van der Waals surface area contributed by atoms with E-state index in [0.29, 0.717) is 5.89 Å². The number of hydrogen-bond donors (Lipinski definition) is 0. The molecule has 8 aromatic carbocycles. The van der Waals surface area contributed by atoms with Crippen molar-refractivity contribution in [1.82, 2.24) is 15.0 Å². The first-order valence-corrected chi connectivity index (χ1v) is 18.3. The van der Waals surface area contributed by atoms with Crippen LogP contribution in [-0.4, -0.2) is 15.0 Å². The first-order chi connectivity index (χ1) is 26.8. The van der Waals surface area contributed by atoms with Crippen LogP contribution < -0.4 is 0 Å². The van der Waals surface area contributed by atoms with E-state index in [1.54, 1.807) is 0 Å². The van der Waals surface area contributed by atoms with Crippen LogP contribution in [0.2, 0.25) is 0 Å². The Labute approximate surface area is 312 Å². The minimum atomic E-state index is -0.604. The van der Waals surface area contributed by atoms with Crippen LogP contribution in [0.4, 0.5) is 0 Å². The lowest BCUT2D eigenvalue weighted by Gasteiger charge is -2.34. The quantitative estimate of drug-likeness (QED) is 0.169. The van der Waals surface area contributed by atoms with E-state index in [0.717, 1.165) is 72.1 Å². The first kappa shape index (κ1) is 30.5. The Morgan fingerprint density at radius 2 is 0.981 bits per heavy atom. The van der Waals surface area contributed by atoms with Crippen LogP contribution in [0, 0.1) is 0 Å². The third-order valence-corrected chi connectivity index (χ3v) is 11.0. The predicted molar refractivity (Wildman–Crippen MR) is 218 cm³/mol. The summed E-state index contributed by atoms with van der Waals surface area (Å²) >= 11 is 0. The lowest BCUT2D eigenvalue weighted by Crippen LogP contribution is -2.28. The van der Waals surface area contributed by atoms with Crippen molar-refractivity contribution in [2.24, 2.45) is 0 Å². The Morgan fingerprint density at radius 3 is 1.72 bits per heavy atom. The van der Waals surface area contributed by atoms with Gasteiger partial charge in [-0.05, 0) is 69.1 Å². The van der Waals surface area contributed by atoms with Crippen molar-refractivity contribution < 1.29 is 4.42 Å². The molecule has 11 rings (SSSR count). The summed E-state index contributed by atoms with van der Waals surface area (Å²) in [7, 11) is 0. The Bertz CT molecular complexity index is 2990. The summed E-state index contributed by atoms with van der Waals surface area (Å²) in [6, 6.07) is 66.2. The fourth-order valence-electron chi connectivity index (χ4n) is 8.55. The van der Waals surface area contributed by atoms with Crippen LogP contribution in [0.15, 0.2) is 192 Å². The summed E-state index contributed by atoms with van der Waals surface area (Å²) in [6.07, 6.45) is 0. The van der Waals surface area contributed by atoms with Crippen LogP contribution in [0.5, 0.6) is 0 Å². The van der Waals surface area contributed by atoms with Gasteiger partial charge in [0.25, 0.3) is 0 Å². The van der Waals surface area contributed by atoms with Gasteiger partial charge in [0.05, 0.1) is 27.8 Å². The van der Waals surface area contributed by atoms with E-state index in [1.807, 2.05) is 36.4 Å². The summed E-state index contributed by atoms with van der Waals surface area (Å²) in [6.45, 7) is 0. The molecule has 0 saturated carbocycles. The fraction of sp³-hybridized carbons (Fsp3) is 0.0200. The fourth-order valence-corrected chi connectivity index (χ4v) is 8.55. The van der Waals surface area contributed by atoms with E-state index >= 15 is 0 Å². The van der Waals surface area contributed by atoms with Crippen molar-refractivity contribution in [1.29, 1.82) is 0 Å². The molecule has 0 amide bonds. The molecular formula is C50H31N3O. The van der Waals surface area contributed by atoms with Crippen LogP contribution >= 0.6 is 0 Å². The van der Waals surface area contributed by atoms with Crippen molar-refractivity contribution in [3.05, 3.63) is 210 Å². The third kappa shape index (κ3) is 4.53. The normalized spacial score (nSPS) is 13.0. The number of benzene rings is 8. The zero-order valence-electron chi connectivity index (χ0n) is 29.1. The standard InChI is InChI=1S/C50H31N3O/c1-3-14-33(15-4-1)46-47(53-48-38-18-8-7-13-32(38)25-29-44(48)51-46)34-23-26-36(27-24-34)50(41-21-11-9-19-39(41)40-20-10-12-22-42(40)50)37-28-30-43-45(31-37)54-49(52-43)35-16-5-2-6-17-35/h1-31H. The zero-order chi connectivity index (χ0) is 35.6. The van der Waals surface area contributed by atoms with Gasteiger partial charge >= 0.3 is 0 Å². The van der Waals surface area contributed by atoms with Crippen LogP contribution in [0.1, 0.15) is 22.3 Å². The van der Waals surface area contributed by atoms with Gasteiger partial charge in [0.15, 0.2) is 5.58 Å². The smallest absolute Gasteiger partial charge is 0.227 e.